The van der Waals surface area contributed by atoms with Crippen LogP contribution >= 0.6 is 11.3 Å². The van der Waals surface area contributed by atoms with Crippen molar-refractivity contribution in [3.8, 4) is 0 Å². The van der Waals surface area contributed by atoms with Gasteiger partial charge in [-0.15, -0.1) is 11.3 Å². The van der Waals surface area contributed by atoms with Crippen molar-refractivity contribution in [2.24, 2.45) is 5.73 Å². The summed E-state index contributed by atoms with van der Waals surface area (Å²) in [4.78, 5) is 17.6. The summed E-state index contributed by atoms with van der Waals surface area (Å²) >= 11 is 1.79. The Labute approximate surface area is 106 Å². The third-order valence-corrected chi connectivity index (χ3v) is 4.07. The van der Waals surface area contributed by atoms with Gasteiger partial charge in [0.15, 0.2) is 0 Å². The summed E-state index contributed by atoms with van der Waals surface area (Å²) in [6.07, 6.45) is 4.34. The Morgan fingerprint density at radius 1 is 1.53 bits per heavy atom. The average Bonchev–Trinajstić information content (AvgIpc) is 2.75. The number of rotatable bonds is 4. The lowest BCUT2D eigenvalue weighted by Gasteiger charge is -2.17. The molecule has 0 aliphatic heterocycles. The molecular formula is C12H19N3OS. The molecule has 0 atom stereocenters. The van der Waals surface area contributed by atoms with Gasteiger partial charge in [0.2, 0.25) is 5.91 Å². The van der Waals surface area contributed by atoms with E-state index in [1.807, 2.05) is 0 Å². The second-order valence-electron chi connectivity index (χ2n) is 5.06. The van der Waals surface area contributed by atoms with E-state index < -0.39 is 5.54 Å². The molecule has 1 aromatic heterocycles. The number of hydrogen-bond acceptors (Lipinski definition) is 4. The smallest absolute Gasteiger partial charge is 0.239 e. The Balaban J connectivity index is 1.81. The number of carbonyl (C=O) groups is 1. The highest BCUT2D eigenvalue weighted by Crippen LogP contribution is 2.27. The van der Waals surface area contributed by atoms with Gasteiger partial charge >= 0.3 is 0 Å². The Kier molecular flexibility index (Phi) is 3.49. The fraction of sp³-hybridized carbons (Fsp3) is 0.667. The minimum absolute atomic E-state index is 0.110. The van der Waals surface area contributed by atoms with Crippen LogP contribution in [0.5, 0.6) is 0 Å². The zero-order valence-corrected chi connectivity index (χ0v) is 11.2. The SMILES string of the molecule is CC(C)(N)C(=O)NCCc1nc2c(s1)CCC2. The molecule has 0 unspecified atom stereocenters. The van der Waals surface area contributed by atoms with Crippen molar-refractivity contribution < 1.29 is 4.79 Å². The van der Waals surface area contributed by atoms with Gasteiger partial charge in [-0.1, -0.05) is 0 Å². The van der Waals surface area contributed by atoms with E-state index >= 15 is 0 Å². The van der Waals surface area contributed by atoms with Gasteiger partial charge < -0.3 is 11.1 Å². The molecule has 1 aromatic rings. The van der Waals surface area contributed by atoms with Crippen molar-refractivity contribution in [2.75, 3.05) is 6.54 Å². The quantitative estimate of drug-likeness (QED) is 0.842. The van der Waals surface area contributed by atoms with Crippen LogP contribution in [0.25, 0.3) is 0 Å². The Morgan fingerprint density at radius 3 is 2.94 bits per heavy atom. The molecule has 0 saturated heterocycles. The van der Waals surface area contributed by atoms with Crippen LogP contribution in [0.1, 0.15) is 35.8 Å². The van der Waals surface area contributed by atoms with Crippen LogP contribution in [0.4, 0.5) is 0 Å². The zero-order valence-electron chi connectivity index (χ0n) is 10.4. The van der Waals surface area contributed by atoms with Crippen molar-refractivity contribution in [3.05, 3.63) is 15.6 Å². The van der Waals surface area contributed by atoms with Crippen LogP contribution in [-0.2, 0) is 24.1 Å². The lowest BCUT2D eigenvalue weighted by atomic mass is 10.1. The van der Waals surface area contributed by atoms with E-state index in [0.717, 1.165) is 17.8 Å². The van der Waals surface area contributed by atoms with Crippen LogP contribution in [0, 0.1) is 0 Å². The summed E-state index contributed by atoms with van der Waals surface area (Å²) in [5.41, 5.74) is 6.16. The number of fused-ring (bicyclic) bond motifs is 1. The molecule has 5 heteroatoms. The third kappa shape index (κ3) is 3.04. The van der Waals surface area contributed by atoms with E-state index in [1.165, 1.54) is 23.4 Å². The third-order valence-electron chi connectivity index (χ3n) is 2.85. The molecule has 0 aromatic carbocycles. The molecule has 4 nitrogen and oxygen atoms in total. The normalized spacial score (nSPS) is 14.8. The summed E-state index contributed by atoms with van der Waals surface area (Å²) < 4.78 is 0. The maximum Gasteiger partial charge on any atom is 0.239 e. The molecule has 1 aliphatic carbocycles. The Bertz CT molecular complexity index is 398. The lowest BCUT2D eigenvalue weighted by molar-refractivity contribution is -0.125. The number of carbonyl (C=O) groups excluding carboxylic acids is 1. The second-order valence-corrected chi connectivity index (χ2v) is 6.23. The average molecular weight is 253 g/mol. The van der Waals surface area contributed by atoms with E-state index in [2.05, 4.69) is 10.3 Å². The molecule has 0 saturated carbocycles. The van der Waals surface area contributed by atoms with Gasteiger partial charge in [-0.05, 0) is 33.1 Å². The zero-order chi connectivity index (χ0) is 12.5. The molecule has 0 spiro atoms. The van der Waals surface area contributed by atoms with Crippen molar-refractivity contribution >= 4 is 17.2 Å². The monoisotopic (exact) mass is 253 g/mol. The largest absolute Gasteiger partial charge is 0.354 e. The molecule has 17 heavy (non-hydrogen) atoms. The number of nitrogens with two attached hydrogens (primary N) is 1. The molecule has 0 bridgehead atoms. The highest BCUT2D eigenvalue weighted by Gasteiger charge is 2.21. The lowest BCUT2D eigenvalue weighted by Crippen LogP contribution is -2.49. The minimum atomic E-state index is -0.801. The van der Waals surface area contributed by atoms with Crippen LogP contribution < -0.4 is 11.1 Å². The van der Waals surface area contributed by atoms with Gasteiger partial charge in [-0.2, -0.15) is 0 Å². The summed E-state index contributed by atoms with van der Waals surface area (Å²) in [6, 6.07) is 0. The fourth-order valence-corrected chi connectivity index (χ4v) is 3.02. The highest BCUT2D eigenvalue weighted by atomic mass is 32.1. The van der Waals surface area contributed by atoms with Gasteiger partial charge in [0.05, 0.1) is 16.2 Å². The summed E-state index contributed by atoms with van der Waals surface area (Å²) in [7, 11) is 0. The van der Waals surface area contributed by atoms with E-state index in [-0.39, 0.29) is 5.91 Å². The van der Waals surface area contributed by atoms with E-state index in [0.29, 0.717) is 6.54 Å². The molecule has 2 rings (SSSR count). The van der Waals surface area contributed by atoms with Crippen LogP contribution in [0.15, 0.2) is 0 Å². The predicted molar refractivity (Wildman–Crippen MR) is 69.1 cm³/mol. The molecule has 0 radical (unpaired) electrons. The predicted octanol–water partition coefficient (Wildman–Crippen LogP) is 1.03. The van der Waals surface area contributed by atoms with E-state index in [9.17, 15) is 4.79 Å². The highest BCUT2D eigenvalue weighted by molar-refractivity contribution is 7.11. The molecule has 1 heterocycles. The van der Waals surface area contributed by atoms with Crippen molar-refractivity contribution in [2.45, 2.75) is 45.1 Å². The molecule has 3 N–H and O–H groups in total. The van der Waals surface area contributed by atoms with Gasteiger partial charge in [-0.3, -0.25) is 4.79 Å². The molecule has 1 amide bonds. The first kappa shape index (κ1) is 12.5. The summed E-state index contributed by atoms with van der Waals surface area (Å²) in [5, 5.41) is 3.97. The first-order valence-electron chi connectivity index (χ1n) is 6.01. The maximum atomic E-state index is 11.5. The molecule has 94 valence electrons. The number of hydrogen-bond donors (Lipinski definition) is 2. The first-order chi connectivity index (χ1) is 7.97. The van der Waals surface area contributed by atoms with Crippen molar-refractivity contribution in [3.63, 3.8) is 0 Å². The summed E-state index contributed by atoms with van der Waals surface area (Å²) in [5.74, 6) is -0.110. The molecular weight excluding hydrogens is 234 g/mol. The topological polar surface area (TPSA) is 68.0 Å². The maximum absolute atomic E-state index is 11.5. The van der Waals surface area contributed by atoms with Crippen molar-refractivity contribution in [1.29, 1.82) is 0 Å². The minimum Gasteiger partial charge on any atom is -0.354 e. The van der Waals surface area contributed by atoms with Crippen LogP contribution in [-0.4, -0.2) is 23.0 Å². The van der Waals surface area contributed by atoms with E-state index in [4.69, 9.17) is 5.73 Å². The van der Waals surface area contributed by atoms with Crippen LogP contribution in [0.2, 0.25) is 0 Å². The van der Waals surface area contributed by atoms with Crippen LogP contribution in [0.3, 0.4) is 0 Å². The summed E-state index contributed by atoms with van der Waals surface area (Å²) in [6.45, 7) is 4.03. The number of amides is 1. The standard InChI is InChI=1S/C12H19N3OS/c1-12(2,13)11(16)14-7-6-10-15-8-4-3-5-9(8)17-10/h3-7,13H2,1-2H3,(H,14,16). The van der Waals surface area contributed by atoms with E-state index in [1.54, 1.807) is 25.2 Å². The second kappa shape index (κ2) is 4.74. The number of nitrogens with zero attached hydrogens (tertiary/aromatic N) is 1. The number of thiazole rings is 1. The molecule has 1 aliphatic rings. The van der Waals surface area contributed by atoms with Gasteiger partial charge in [0.25, 0.3) is 0 Å². The fourth-order valence-electron chi connectivity index (χ4n) is 1.86. The van der Waals surface area contributed by atoms with Gasteiger partial charge in [0, 0.05) is 17.8 Å². The first-order valence-corrected chi connectivity index (χ1v) is 6.83. The number of aromatic nitrogens is 1. The Hall–Kier alpha value is -0.940. The van der Waals surface area contributed by atoms with Gasteiger partial charge in [0.1, 0.15) is 0 Å². The van der Waals surface area contributed by atoms with Crippen molar-refractivity contribution in [1.82, 2.24) is 10.3 Å². The number of nitrogens with one attached hydrogen (secondary N) is 1. The Morgan fingerprint density at radius 2 is 2.29 bits per heavy atom. The van der Waals surface area contributed by atoms with Gasteiger partial charge in [-0.25, -0.2) is 4.98 Å². The molecule has 0 fully saturated rings. The number of aryl methyl sites for hydroxylation is 2.